The van der Waals surface area contributed by atoms with E-state index in [0.717, 1.165) is 20.0 Å². The van der Waals surface area contributed by atoms with Crippen LogP contribution in [0.1, 0.15) is 26.5 Å². The van der Waals surface area contributed by atoms with Crippen molar-refractivity contribution in [1.29, 1.82) is 0 Å². The fourth-order valence-corrected chi connectivity index (χ4v) is 3.95. The van der Waals surface area contributed by atoms with Gasteiger partial charge in [-0.25, -0.2) is 4.98 Å². The molecule has 5 nitrogen and oxygen atoms in total. The van der Waals surface area contributed by atoms with Crippen LogP contribution in [-0.4, -0.2) is 29.7 Å². The van der Waals surface area contributed by atoms with Gasteiger partial charge in [-0.15, -0.1) is 22.7 Å². The monoisotopic (exact) mass is 348 g/mol. The minimum Gasteiger partial charge on any atom is -0.386 e. The average molecular weight is 348 g/mol. The number of methoxy groups -OCH3 is 1. The molecule has 0 aliphatic heterocycles. The van der Waals surface area contributed by atoms with E-state index in [1.54, 1.807) is 12.5 Å². The molecule has 7 heteroatoms. The van der Waals surface area contributed by atoms with Crippen molar-refractivity contribution in [1.82, 2.24) is 10.3 Å². The molecular weight excluding hydrogens is 332 g/mol. The highest BCUT2D eigenvalue weighted by atomic mass is 32.1. The molecule has 0 aliphatic rings. The van der Waals surface area contributed by atoms with Gasteiger partial charge in [-0.1, -0.05) is 18.2 Å². The van der Waals surface area contributed by atoms with Crippen molar-refractivity contribution in [2.75, 3.05) is 13.7 Å². The van der Waals surface area contributed by atoms with Crippen molar-refractivity contribution in [3.8, 4) is 0 Å². The molecule has 2 heterocycles. The maximum atomic E-state index is 12.1. The Bertz CT molecular complexity index is 779. The maximum absolute atomic E-state index is 12.1. The molecule has 1 aromatic carbocycles. The quantitative estimate of drug-likeness (QED) is 0.718. The van der Waals surface area contributed by atoms with E-state index >= 15 is 0 Å². The van der Waals surface area contributed by atoms with Gasteiger partial charge >= 0.3 is 0 Å². The number of carbonyl (C=O) groups excluding carboxylic acids is 1. The summed E-state index contributed by atoms with van der Waals surface area (Å²) in [5.41, 5.74) is 0.352. The summed E-state index contributed by atoms with van der Waals surface area (Å²) in [4.78, 5) is 17.1. The largest absolute Gasteiger partial charge is 0.386 e. The first-order valence-corrected chi connectivity index (χ1v) is 8.75. The first-order chi connectivity index (χ1) is 11.2. The number of aliphatic hydroxyl groups is 1. The molecular formula is C16H16N2O3S2. The maximum Gasteiger partial charge on any atom is 0.270 e. The van der Waals surface area contributed by atoms with Crippen LogP contribution in [0.2, 0.25) is 0 Å². The number of ether oxygens (including phenoxy) is 1. The highest BCUT2D eigenvalue weighted by molar-refractivity contribution is 7.19. The summed E-state index contributed by atoms with van der Waals surface area (Å²) in [5.74, 6) is -0.288. The Morgan fingerprint density at radius 1 is 1.43 bits per heavy atom. The van der Waals surface area contributed by atoms with E-state index in [0.29, 0.717) is 12.3 Å². The summed E-state index contributed by atoms with van der Waals surface area (Å²) < 4.78 is 6.11. The predicted molar refractivity (Wildman–Crippen MR) is 91.9 cm³/mol. The highest BCUT2D eigenvalue weighted by Crippen LogP contribution is 2.29. The van der Waals surface area contributed by atoms with Crippen LogP contribution in [-0.2, 0) is 11.3 Å². The van der Waals surface area contributed by atoms with E-state index in [4.69, 9.17) is 4.74 Å². The van der Waals surface area contributed by atoms with E-state index in [-0.39, 0.29) is 12.5 Å². The molecule has 1 unspecified atom stereocenters. The van der Waals surface area contributed by atoms with E-state index in [1.807, 2.05) is 30.3 Å². The summed E-state index contributed by atoms with van der Waals surface area (Å²) in [6, 6.07) is 9.91. The van der Waals surface area contributed by atoms with E-state index in [1.165, 1.54) is 22.7 Å². The minimum atomic E-state index is -0.728. The van der Waals surface area contributed by atoms with Crippen LogP contribution in [0.25, 0.3) is 10.1 Å². The van der Waals surface area contributed by atoms with E-state index in [9.17, 15) is 9.90 Å². The first kappa shape index (κ1) is 16.1. The van der Waals surface area contributed by atoms with Gasteiger partial charge in [0.15, 0.2) is 0 Å². The molecule has 0 saturated heterocycles. The summed E-state index contributed by atoms with van der Waals surface area (Å²) in [5, 5.41) is 16.5. The van der Waals surface area contributed by atoms with Gasteiger partial charge < -0.3 is 15.2 Å². The topological polar surface area (TPSA) is 71.5 Å². The Morgan fingerprint density at radius 2 is 2.26 bits per heavy atom. The van der Waals surface area contributed by atoms with Crippen LogP contribution in [0, 0.1) is 0 Å². The number of hydrogen-bond acceptors (Lipinski definition) is 6. The standard InChI is InChI=1S/C16H16N2O3S2/c1-21-8-15-18-11(9-22-15)16(20)17-7-12(19)14-6-10-4-2-3-5-13(10)23-14/h2-6,9,12,19H,7-8H2,1H3,(H,17,20). The summed E-state index contributed by atoms with van der Waals surface area (Å²) in [6.07, 6.45) is -0.728. The van der Waals surface area contributed by atoms with Crippen LogP contribution in [0.4, 0.5) is 0 Å². The lowest BCUT2D eigenvalue weighted by Crippen LogP contribution is -2.28. The number of aliphatic hydroxyl groups excluding tert-OH is 1. The lowest BCUT2D eigenvalue weighted by atomic mass is 10.2. The molecule has 23 heavy (non-hydrogen) atoms. The first-order valence-electron chi connectivity index (χ1n) is 7.05. The number of rotatable bonds is 6. The Kier molecular flexibility index (Phi) is 5.02. The van der Waals surface area contributed by atoms with Crippen LogP contribution < -0.4 is 5.32 Å². The molecule has 0 bridgehead atoms. The van der Waals surface area contributed by atoms with Gasteiger partial charge in [0.05, 0.1) is 6.61 Å². The highest BCUT2D eigenvalue weighted by Gasteiger charge is 2.15. The third-order valence-corrected chi connectivity index (χ3v) is 5.32. The third kappa shape index (κ3) is 3.76. The van der Waals surface area contributed by atoms with E-state index in [2.05, 4.69) is 10.3 Å². The lowest BCUT2D eigenvalue weighted by molar-refractivity contribution is 0.0913. The molecule has 3 rings (SSSR count). The SMILES string of the molecule is COCc1nc(C(=O)NCC(O)c2cc3ccccc3s2)cs1. The average Bonchev–Trinajstić information content (AvgIpc) is 3.19. The summed E-state index contributed by atoms with van der Waals surface area (Å²) in [6.45, 7) is 0.547. The Balaban J connectivity index is 1.61. The third-order valence-electron chi connectivity index (χ3n) is 3.28. The second kappa shape index (κ2) is 7.18. The molecule has 120 valence electrons. The number of amides is 1. The Morgan fingerprint density at radius 3 is 3.04 bits per heavy atom. The normalized spacial score (nSPS) is 12.4. The van der Waals surface area contributed by atoms with Gasteiger partial charge in [-0.2, -0.15) is 0 Å². The van der Waals surface area contributed by atoms with Crippen molar-refractivity contribution >= 4 is 38.7 Å². The lowest BCUT2D eigenvalue weighted by Gasteiger charge is -2.09. The molecule has 0 saturated carbocycles. The smallest absolute Gasteiger partial charge is 0.270 e. The number of thiazole rings is 1. The molecule has 0 fully saturated rings. The molecule has 2 aromatic heterocycles. The molecule has 0 radical (unpaired) electrons. The molecule has 1 atom stereocenters. The van der Waals surface area contributed by atoms with Crippen LogP contribution in [0.5, 0.6) is 0 Å². The Labute approximate surface area is 141 Å². The molecule has 2 N–H and O–H groups in total. The zero-order chi connectivity index (χ0) is 16.2. The number of hydrogen-bond donors (Lipinski definition) is 2. The van der Waals surface area contributed by atoms with E-state index < -0.39 is 6.10 Å². The fraction of sp³-hybridized carbons (Fsp3) is 0.250. The van der Waals surface area contributed by atoms with Crippen LogP contribution in [0.15, 0.2) is 35.7 Å². The zero-order valence-electron chi connectivity index (χ0n) is 12.5. The number of aromatic nitrogens is 1. The van der Waals surface area contributed by atoms with Gasteiger partial charge in [0.25, 0.3) is 5.91 Å². The number of nitrogens with zero attached hydrogens (tertiary/aromatic N) is 1. The molecule has 1 amide bonds. The second-order valence-corrected chi connectivity index (χ2v) is 7.03. The fourth-order valence-electron chi connectivity index (χ4n) is 2.15. The molecule has 0 aliphatic carbocycles. The number of fused-ring (bicyclic) bond motifs is 1. The van der Waals surface area contributed by atoms with Crippen molar-refractivity contribution in [2.45, 2.75) is 12.7 Å². The molecule has 0 spiro atoms. The van der Waals surface area contributed by atoms with Crippen molar-refractivity contribution in [2.24, 2.45) is 0 Å². The van der Waals surface area contributed by atoms with Gasteiger partial charge in [0.2, 0.25) is 0 Å². The number of nitrogens with one attached hydrogen (secondary N) is 1. The summed E-state index contributed by atoms with van der Waals surface area (Å²) in [7, 11) is 1.59. The van der Waals surface area contributed by atoms with Gasteiger partial charge in [-0.3, -0.25) is 4.79 Å². The minimum absolute atomic E-state index is 0.156. The number of benzene rings is 1. The second-order valence-electron chi connectivity index (χ2n) is 4.97. The number of thiophene rings is 1. The zero-order valence-corrected chi connectivity index (χ0v) is 14.1. The van der Waals surface area contributed by atoms with Gasteiger partial charge in [0.1, 0.15) is 16.8 Å². The summed E-state index contributed by atoms with van der Waals surface area (Å²) >= 11 is 2.91. The predicted octanol–water partition coefficient (Wildman–Crippen LogP) is 2.97. The van der Waals surface area contributed by atoms with Crippen molar-refractivity contribution in [3.05, 3.63) is 51.3 Å². The van der Waals surface area contributed by atoms with Crippen molar-refractivity contribution < 1.29 is 14.6 Å². The van der Waals surface area contributed by atoms with Crippen LogP contribution >= 0.6 is 22.7 Å². The number of carbonyl (C=O) groups is 1. The Hall–Kier alpha value is -1.80. The van der Waals surface area contributed by atoms with Gasteiger partial charge in [-0.05, 0) is 17.5 Å². The van der Waals surface area contributed by atoms with Gasteiger partial charge in [0, 0.05) is 28.6 Å². The molecule has 3 aromatic rings. The van der Waals surface area contributed by atoms with Crippen LogP contribution in [0.3, 0.4) is 0 Å². The van der Waals surface area contributed by atoms with Crippen molar-refractivity contribution in [3.63, 3.8) is 0 Å².